The summed E-state index contributed by atoms with van der Waals surface area (Å²) in [6.45, 7) is 5.14. The molecular weight excluding hydrogens is 198 g/mol. The summed E-state index contributed by atoms with van der Waals surface area (Å²) in [5.41, 5.74) is 10.2. The van der Waals surface area contributed by atoms with E-state index in [0.29, 0.717) is 0 Å². The molecule has 0 aliphatic rings. The number of nitrogens with zero attached hydrogens (tertiary/aromatic N) is 2. The molecule has 0 radical (unpaired) electrons. The van der Waals surface area contributed by atoms with Crippen LogP contribution in [0.25, 0.3) is 11.3 Å². The van der Waals surface area contributed by atoms with E-state index >= 15 is 0 Å². The Morgan fingerprint density at radius 2 is 2.12 bits per heavy atom. The molecule has 0 amide bonds. The topological polar surface area (TPSA) is 43.8 Å². The Hall–Kier alpha value is -1.77. The van der Waals surface area contributed by atoms with Gasteiger partial charge >= 0.3 is 0 Å². The molecule has 0 aliphatic heterocycles. The molecule has 84 valence electrons. The minimum absolute atomic E-state index is 0.835. The van der Waals surface area contributed by atoms with Crippen LogP contribution >= 0.6 is 0 Å². The van der Waals surface area contributed by atoms with Gasteiger partial charge in [0.1, 0.15) is 0 Å². The highest BCUT2D eigenvalue weighted by atomic mass is 15.3. The second-order valence-electron chi connectivity index (χ2n) is 3.96. The van der Waals surface area contributed by atoms with Gasteiger partial charge in [-0.15, -0.1) is 0 Å². The van der Waals surface area contributed by atoms with Crippen molar-refractivity contribution in [3.63, 3.8) is 0 Å². The lowest BCUT2D eigenvalue weighted by Crippen LogP contribution is -2.02. The SMILES string of the molecule is CCCn1nccc1-c1cccc(N)c1C. The number of benzene rings is 1. The predicted octanol–water partition coefficient (Wildman–Crippen LogP) is 2.85. The van der Waals surface area contributed by atoms with Crippen molar-refractivity contribution >= 4 is 5.69 Å². The van der Waals surface area contributed by atoms with Gasteiger partial charge in [-0.05, 0) is 31.0 Å². The second kappa shape index (κ2) is 4.39. The Morgan fingerprint density at radius 3 is 2.88 bits per heavy atom. The Labute approximate surface area is 95.9 Å². The summed E-state index contributed by atoms with van der Waals surface area (Å²) >= 11 is 0. The number of anilines is 1. The Balaban J connectivity index is 2.50. The number of nitrogens with two attached hydrogens (primary N) is 1. The van der Waals surface area contributed by atoms with Gasteiger partial charge in [0.25, 0.3) is 0 Å². The standard InChI is InChI=1S/C13H17N3/c1-3-9-16-13(7-8-15-16)11-5-4-6-12(14)10(11)2/h4-8H,3,9,14H2,1-2H3. The van der Waals surface area contributed by atoms with E-state index in [9.17, 15) is 0 Å². The predicted molar refractivity (Wildman–Crippen MR) is 67.1 cm³/mol. The number of rotatable bonds is 3. The number of aryl methyl sites for hydroxylation is 1. The maximum atomic E-state index is 5.92. The summed E-state index contributed by atoms with van der Waals surface area (Å²) in [5.74, 6) is 0. The van der Waals surface area contributed by atoms with E-state index in [0.717, 1.165) is 29.9 Å². The van der Waals surface area contributed by atoms with E-state index in [4.69, 9.17) is 5.73 Å². The molecule has 3 nitrogen and oxygen atoms in total. The number of hydrogen-bond donors (Lipinski definition) is 1. The van der Waals surface area contributed by atoms with E-state index in [-0.39, 0.29) is 0 Å². The number of nitrogen functional groups attached to an aromatic ring is 1. The average molecular weight is 215 g/mol. The molecule has 1 aromatic heterocycles. The maximum absolute atomic E-state index is 5.92. The fourth-order valence-electron chi connectivity index (χ4n) is 1.88. The van der Waals surface area contributed by atoms with Crippen molar-refractivity contribution in [3.05, 3.63) is 36.0 Å². The van der Waals surface area contributed by atoms with Crippen molar-refractivity contribution in [2.45, 2.75) is 26.8 Å². The summed E-state index contributed by atoms with van der Waals surface area (Å²) in [6, 6.07) is 8.05. The molecule has 0 unspecified atom stereocenters. The quantitative estimate of drug-likeness (QED) is 0.800. The van der Waals surface area contributed by atoms with Crippen LogP contribution in [0, 0.1) is 6.92 Å². The summed E-state index contributed by atoms with van der Waals surface area (Å²) in [5, 5.41) is 4.33. The van der Waals surface area contributed by atoms with Gasteiger partial charge in [0.2, 0.25) is 0 Å². The van der Waals surface area contributed by atoms with Crippen LogP contribution in [0.15, 0.2) is 30.5 Å². The van der Waals surface area contributed by atoms with E-state index in [1.165, 1.54) is 5.56 Å². The molecule has 2 rings (SSSR count). The van der Waals surface area contributed by atoms with E-state index in [2.05, 4.69) is 18.1 Å². The van der Waals surface area contributed by atoms with Crippen molar-refractivity contribution < 1.29 is 0 Å². The van der Waals surface area contributed by atoms with Crippen LogP contribution in [0.3, 0.4) is 0 Å². The molecule has 0 fully saturated rings. The zero-order chi connectivity index (χ0) is 11.5. The molecule has 2 N–H and O–H groups in total. The molecule has 2 aromatic rings. The summed E-state index contributed by atoms with van der Waals surface area (Å²) in [7, 11) is 0. The van der Waals surface area contributed by atoms with Crippen LogP contribution < -0.4 is 5.73 Å². The first-order chi connectivity index (χ1) is 7.74. The molecule has 0 bridgehead atoms. The Bertz CT molecular complexity index is 486. The molecule has 1 heterocycles. The highest BCUT2D eigenvalue weighted by Gasteiger charge is 2.08. The third kappa shape index (κ3) is 1.81. The van der Waals surface area contributed by atoms with Crippen molar-refractivity contribution in [3.8, 4) is 11.3 Å². The lowest BCUT2D eigenvalue weighted by atomic mass is 10.0. The zero-order valence-electron chi connectivity index (χ0n) is 9.77. The lowest BCUT2D eigenvalue weighted by Gasteiger charge is -2.10. The molecule has 3 heteroatoms. The largest absolute Gasteiger partial charge is 0.398 e. The lowest BCUT2D eigenvalue weighted by molar-refractivity contribution is 0.609. The molecule has 0 saturated heterocycles. The smallest absolute Gasteiger partial charge is 0.0685 e. The second-order valence-corrected chi connectivity index (χ2v) is 3.96. The first-order valence-corrected chi connectivity index (χ1v) is 5.61. The van der Waals surface area contributed by atoms with Gasteiger partial charge in [-0.1, -0.05) is 19.1 Å². The van der Waals surface area contributed by atoms with Crippen LogP contribution in [0.5, 0.6) is 0 Å². The maximum Gasteiger partial charge on any atom is 0.0685 e. The molecule has 0 aliphatic carbocycles. The number of hydrogen-bond acceptors (Lipinski definition) is 2. The van der Waals surface area contributed by atoms with E-state index in [1.54, 1.807) is 0 Å². The van der Waals surface area contributed by atoms with Crippen molar-refractivity contribution in [2.24, 2.45) is 0 Å². The zero-order valence-corrected chi connectivity index (χ0v) is 9.77. The van der Waals surface area contributed by atoms with Crippen LogP contribution in [0.2, 0.25) is 0 Å². The Morgan fingerprint density at radius 1 is 1.31 bits per heavy atom. The molecule has 0 saturated carbocycles. The van der Waals surface area contributed by atoms with Crippen LogP contribution in [-0.2, 0) is 6.54 Å². The van der Waals surface area contributed by atoms with Gasteiger partial charge in [-0.25, -0.2) is 0 Å². The van der Waals surface area contributed by atoms with Crippen molar-refractivity contribution in [2.75, 3.05) is 5.73 Å². The molecule has 1 aromatic carbocycles. The van der Waals surface area contributed by atoms with E-state index < -0.39 is 0 Å². The van der Waals surface area contributed by atoms with Gasteiger partial charge in [-0.3, -0.25) is 4.68 Å². The molecule has 16 heavy (non-hydrogen) atoms. The van der Waals surface area contributed by atoms with Crippen LogP contribution in [0.4, 0.5) is 5.69 Å². The van der Waals surface area contributed by atoms with Gasteiger partial charge in [0.05, 0.1) is 5.69 Å². The molecule has 0 spiro atoms. The third-order valence-electron chi connectivity index (χ3n) is 2.80. The number of aromatic nitrogens is 2. The average Bonchev–Trinajstić information content (AvgIpc) is 2.71. The van der Waals surface area contributed by atoms with Gasteiger partial charge in [0.15, 0.2) is 0 Å². The highest BCUT2D eigenvalue weighted by Crippen LogP contribution is 2.26. The minimum atomic E-state index is 0.835. The van der Waals surface area contributed by atoms with Gasteiger partial charge in [0, 0.05) is 24.0 Å². The first-order valence-electron chi connectivity index (χ1n) is 5.61. The minimum Gasteiger partial charge on any atom is -0.398 e. The normalized spacial score (nSPS) is 10.6. The molecular formula is C13H17N3. The Kier molecular flexibility index (Phi) is 2.95. The summed E-state index contributed by atoms with van der Waals surface area (Å²) in [4.78, 5) is 0. The van der Waals surface area contributed by atoms with Gasteiger partial charge in [-0.2, -0.15) is 5.10 Å². The third-order valence-corrected chi connectivity index (χ3v) is 2.80. The monoisotopic (exact) mass is 215 g/mol. The van der Waals surface area contributed by atoms with Crippen LogP contribution in [0.1, 0.15) is 18.9 Å². The highest BCUT2D eigenvalue weighted by molar-refractivity contribution is 5.70. The first kappa shape index (κ1) is 10.7. The molecule has 0 atom stereocenters. The fourth-order valence-corrected chi connectivity index (χ4v) is 1.88. The summed E-state index contributed by atoms with van der Waals surface area (Å²) < 4.78 is 2.03. The van der Waals surface area contributed by atoms with E-state index in [1.807, 2.05) is 36.0 Å². The fraction of sp³-hybridized carbons (Fsp3) is 0.308. The van der Waals surface area contributed by atoms with Crippen molar-refractivity contribution in [1.29, 1.82) is 0 Å². The summed E-state index contributed by atoms with van der Waals surface area (Å²) in [6.07, 6.45) is 2.92. The van der Waals surface area contributed by atoms with Crippen molar-refractivity contribution in [1.82, 2.24) is 9.78 Å². The van der Waals surface area contributed by atoms with Crippen LogP contribution in [-0.4, -0.2) is 9.78 Å². The van der Waals surface area contributed by atoms with Gasteiger partial charge < -0.3 is 5.73 Å².